The fourth-order valence-electron chi connectivity index (χ4n) is 2.00. The van der Waals surface area contributed by atoms with Gasteiger partial charge in [0.1, 0.15) is 0 Å². The molecule has 21 heavy (non-hydrogen) atoms. The summed E-state index contributed by atoms with van der Waals surface area (Å²) in [5.74, 6) is 1.50. The van der Waals surface area contributed by atoms with Crippen molar-refractivity contribution in [3.63, 3.8) is 0 Å². The molecule has 0 aliphatic rings. The van der Waals surface area contributed by atoms with Gasteiger partial charge in [-0.05, 0) is 17.9 Å². The molecule has 0 aliphatic carbocycles. The Morgan fingerprint density at radius 1 is 1.29 bits per heavy atom. The van der Waals surface area contributed by atoms with Crippen LogP contribution in [0.5, 0.6) is 0 Å². The van der Waals surface area contributed by atoms with Crippen LogP contribution in [0.2, 0.25) is 0 Å². The zero-order valence-electron chi connectivity index (χ0n) is 12.3. The molecule has 0 amide bonds. The number of aliphatic hydroxyl groups excluding tert-OH is 1. The summed E-state index contributed by atoms with van der Waals surface area (Å²) >= 11 is 1.61. The van der Waals surface area contributed by atoms with E-state index in [0.717, 1.165) is 16.0 Å². The third kappa shape index (κ3) is 3.60. The lowest BCUT2D eigenvalue weighted by atomic mass is 10.3. The Kier molecular flexibility index (Phi) is 5.31. The van der Waals surface area contributed by atoms with Crippen molar-refractivity contribution >= 4 is 33.3 Å². The van der Waals surface area contributed by atoms with E-state index in [1.165, 1.54) is 0 Å². The maximum atomic E-state index is 8.94. The molecule has 0 fully saturated rings. The number of aromatic nitrogens is 2. The molecule has 0 saturated heterocycles. The lowest BCUT2D eigenvalue weighted by molar-refractivity contribution is 0.290. The predicted octanol–water partition coefficient (Wildman–Crippen LogP) is 1.86. The molecule has 112 valence electrons. The van der Waals surface area contributed by atoms with E-state index >= 15 is 0 Å². The Morgan fingerprint density at radius 2 is 2.10 bits per heavy atom. The largest absolute Gasteiger partial charge is 0.396 e. The van der Waals surface area contributed by atoms with Crippen molar-refractivity contribution in [1.29, 1.82) is 5.26 Å². The molecule has 2 aromatic heterocycles. The fraction of sp³-hybridized carbons (Fsp3) is 0.500. The Hall–Kier alpha value is -1.91. The normalized spacial score (nSPS) is 10.6. The van der Waals surface area contributed by atoms with Crippen LogP contribution in [0.3, 0.4) is 0 Å². The predicted molar refractivity (Wildman–Crippen MR) is 85.9 cm³/mol. The van der Waals surface area contributed by atoms with Gasteiger partial charge in [0.2, 0.25) is 5.95 Å². The number of anilines is 2. The molecule has 2 aromatic rings. The van der Waals surface area contributed by atoms with E-state index in [-0.39, 0.29) is 6.61 Å². The smallest absolute Gasteiger partial charge is 0.227 e. The first-order chi connectivity index (χ1) is 10.2. The lowest BCUT2D eigenvalue weighted by Crippen LogP contribution is -2.24. The van der Waals surface area contributed by atoms with Crippen molar-refractivity contribution in [3.05, 3.63) is 11.4 Å². The van der Waals surface area contributed by atoms with Crippen LogP contribution in [0.1, 0.15) is 12.8 Å². The molecule has 0 aromatic carbocycles. The zero-order chi connectivity index (χ0) is 15.2. The molecule has 2 heterocycles. The van der Waals surface area contributed by atoms with Crippen LogP contribution in [0.15, 0.2) is 11.4 Å². The zero-order valence-corrected chi connectivity index (χ0v) is 13.1. The van der Waals surface area contributed by atoms with Crippen molar-refractivity contribution in [3.8, 4) is 6.07 Å². The van der Waals surface area contributed by atoms with Crippen LogP contribution < -0.4 is 9.80 Å². The average Bonchev–Trinajstić information content (AvgIpc) is 2.97. The molecule has 0 atom stereocenters. The van der Waals surface area contributed by atoms with Crippen LogP contribution in [0, 0.1) is 11.3 Å². The Bertz CT molecular complexity index is 636. The standard InChI is InChI=1S/C14H19N5OS/c1-18(7-3-6-15)13-12-11(5-10-21-12)16-14(17-13)19(2)8-4-9-20/h5,10,20H,3-4,7-9H2,1-2H3. The van der Waals surface area contributed by atoms with E-state index in [9.17, 15) is 0 Å². The van der Waals surface area contributed by atoms with Crippen molar-refractivity contribution in [2.24, 2.45) is 0 Å². The average molecular weight is 305 g/mol. The summed E-state index contributed by atoms with van der Waals surface area (Å²) in [7, 11) is 3.86. The second-order valence-electron chi connectivity index (χ2n) is 4.81. The highest BCUT2D eigenvalue weighted by Gasteiger charge is 2.14. The number of hydrogen-bond donors (Lipinski definition) is 1. The maximum absolute atomic E-state index is 8.94. The van der Waals surface area contributed by atoms with Gasteiger partial charge in [0.05, 0.1) is 22.7 Å². The van der Waals surface area contributed by atoms with Crippen molar-refractivity contribution in [1.82, 2.24) is 9.97 Å². The topological polar surface area (TPSA) is 76.3 Å². The van der Waals surface area contributed by atoms with Crippen LogP contribution in [-0.2, 0) is 0 Å². The highest BCUT2D eigenvalue weighted by atomic mass is 32.1. The molecule has 2 rings (SSSR count). The minimum atomic E-state index is 0.153. The van der Waals surface area contributed by atoms with Crippen LogP contribution in [0.25, 0.3) is 10.2 Å². The number of hydrogen-bond acceptors (Lipinski definition) is 7. The Balaban J connectivity index is 2.34. The molecular weight excluding hydrogens is 286 g/mol. The van der Waals surface area contributed by atoms with Gasteiger partial charge in [-0.3, -0.25) is 0 Å². The number of nitrogens with zero attached hydrogens (tertiary/aromatic N) is 5. The van der Waals surface area contributed by atoms with Gasteiger partial charge in [0.15, 0.2) is 5.82 Å². The number of rotatable bonds is 7. The van der Waals surface area contributed by atoms with Crippen LogP contribution >= 0.6 is 11.3 Å². The second kappa shape index (κ2) is 7.20. The highest BCUT2D eigenvalue weighted by molar-refractivity contribution is 7.17. The minimum absolute atomic E-state index is 0.153. The van der Waals surface area contributed by atoms with Crippen LogP contribution in [-0.4, -0.2) is 48.9 Å². The van der Waals surface area contributed by atoms with Gasteiger partial charge in [-0.1, -0.05) is 0 Å². The van der Waals surface area contributed by atoms with E-state index < -0.39 is 0 Å². The molecule has 0 bridgehead atoms. The molecule has 0 aliphatic heterocycles. The third-order valence-corrected chi connectivity index (χ3v) is 4.09. The number of thiophene rings is 1. The summed E-state index contributed by atoms with van der Waals surface area (Å²) in [4.78, 5) is 13.1. The monoisotopic (exact) mass is 305 g/mol. The minimum Gasteiger partial charge on any atom is -0.396 e. The molecule has 0 unspecified atom stereocenters. The van der Waals surface area contributed by atoms with E-state index in [0.29, 0.717) is 31.9 Å². The third-order valence-electron chi connectivity index (χ3n) is 3.19. The van der Waals surface area contributed by atoms with E-state index in [1.54, 1.807) is 11.3 Å². The van der Waals surface area contributed by atoms with Crippen LogP contribution in [0.4, 0.5) is 11.8 Å². The summed E-state index contributed by atoms with van der Waals surface area (Å²) in [5.41, 5.74) is 0.916. The Labute approximate surface area is 128 Å². The van der Waals surface area contributed by atoms with E-state index in [4.69, 9.17) is 10.4 Å². The molecule has 0 radical (unpaired) electrons. The van der Waals surface area contributed by atoms with Gasteiger partial charge in [0.25, 0.3) is 0 Å². The number of nitriles is 1. The summed E-state index contributed by atoms with van der Waals surface area (Å²) in [6, 6.07) is 4.13. The number of aliphatic hydroxyl groups is 1. The molecule has 0 spiro atoms. The van der Waals surface area contributed by atoms with Gasteiger partial charge in [-0.15, -0.1) is 11.3 Å². The van der Waals surface area contributed by atoms with Crippen molar-refractivity contribution in [2.45, 2.75) is 12.8 Å². The summed E-state index contributed by atoms with van der Waals surface area (Å²) < 4.78 is 1.04. The quantitative estimate of drug-likeness (QED) is 0.841. The van der Waals surface area contributed by atoms with E-state index in [1.807, 2.05) is 35.3 Å². The van der Waals surface area contributed by atoms with E-state index in [2.05, 4.69) is 16.0 Å². The van der Waals surface area contributed by atoms with Crippen molar-refractivity contribution < 1.29 is 5.11 Å². The van der Waals surface area contributed by atoms with Crippen molar-refractivity contribution in [2.75, 3.05) is 43.6 Å². The molecule has 0 saturated carbocycles. The molecule has 1 N–H and O–H groups in total. The molecular formula is C14H19N5OS. The SMILES string of the molecule is CN(CCCO)c1nc(N(C)CCC#N)c2sccc2n1. The van der Waals surface area contributed by atoms with Gasteiger partial charge < -0.3 is 14.9 Å². The van der Waals surface area contributed by atoms with Gasteiger partial charge >= 0.3 is 0 Å². The maximum Gasteiger partial charge on any atom is 0.227 e. The first-order valence-corrected chi connectivity index (χ1v) is 7.70. The molecule has 6 nitrogen and oxygen atoms in total. The molecule has 7 heteroatoms. The Morgan fingerprint density at radius 3 is 2.81 bits per heavy atom. The van der Waals surface area contributed by atoms with Gasteiger partial charge in [-0.25, -0.2) is 4.98 Å². The summed E-state index contributed by atoms with van der Waals surface area (Å²) in [6.45, 7) is 1.49. The first kappa shape index (κ1) is 15.5. The fourth-order valence-corrected chi connectivity index (χ4v) is 2.87. The summed E-state index contributed by atoms with van der Waals surface area (Å²) in [5, 5.41) is 19.7. The summed E-state index contributed by atoms with van der Waals surface area (Å²) in [6.07, 6.45) is 1.14. The second-order valence-corrected chi connectivity index (χ2v) is 5.73. The highest BCUT2D eigenvalue weighted by Crippen LogP contribution is 2.30. The van der Waals surface area contributed by atoms with Gasteiger partial charge in [0, 0.05) is 33.8 Å². The lowest BCUT2D eigenvalue weighted by Gasteiger charge is -2.21. The first-order valence-electron chi connectivity index (χ1n) is 6.82. The number of fused-ring (bicyclic) bond motifs is 1. The van der Waals surface area contributed by atoms with Gasteiger partial charge in [-0.2, -0.15) is 10.2 Å².